The second kappa shape index (κ2) is 10.6. The number of carboxylic acids is 1. The summed E-state index contributed by atoms with van der Waals surface area (Å²) in [7, 11) is 0. The topological polar surface area (TPSA) is 61.8 Å². The summed E-state index contributed by atoms with van der Waals surface area (Å²) in [4.78, 5) is 13.0. The Kier molecular flexibility index (Phi) is 8.52. The predicted octanol–water partition coefficient (Wildman–Crippen LogP) is 3.57. The van der Waals surface area contributed by atoms with Gasteiger partial charge in [-0.2, -0.15) is 0 Å². The minimum absolute atomic E-state index is 0. The van der Waals surface area contributed by atoms with Gasteiger partial charge in [0.25, 0.3) is 0 Å². The van der Waals surface area contributed by atoms with Gasteiger partial charge in [0.05, 0.1) is 0 Å². The Balaban J connectivity index is 0.00000243. The molecule has 2 aliphatic heterocycles. The molecule has 2 saturated heterocycles. The first-order chi connectivity index (χ1) is 12.2. The summed E-state index contributed by atoms with van der Waals surface area (Å²) in [6.07, 6.45) is 8.07. The van der Waals surface area contributed by atoms with Gasteiger partial charge < -0.3 is 20.1 Å². The molecule has 5 nitrogen and oxygen atoms in total. The first kappa shape index (κ1) is 20.8. The van der Waals surface area contributed by atoms with Crippen LogP contribution in [0.5, 0.6) is 5.75 Å². The lowest BCUT2D eigenvalue weighted by atomic mass is 9.85. The fraction of sp³-hybridized carbons (Fsp3) is 0.650. The fourth-order valence-electron chi connectivity index (χ4n) is 4.02. The van der Waals surface area contributed by atoms with Crippen LogP contribution in [0.1, 0.15) is 38.5 Å². The van der Waals surface area contributed by atoms with Crippen molar-refractivity contribution in [1.82, 2.24) is 5.32 Å². The van der Waals surface area contributed by atoms with Crippen LogP contribution in [0.15, 0.2) is 24.3 Å². The zero-order valence-corrected chi connectivity index (χ0v) is 16.2. The standard InChI is InChI=1S/C20H30N2O3.ClH/c23-20(24)15-25-19-5-3-18(4-6-19)22-13-9-17(10-14-22)2-1-16-7-11-21-12-8-16;/h3-6,16-17,21H,1-2,7-15H2,(H,23,24);1H. The molecule has 0 unspecified atom stereocenters. The number of aliphatic carboxylic acids is 1. The molecule has 0 aromatic heterocycles. The second-order valence-electron chi connectivity index (χ2n) is 7.38. The number of hydrogen-bond donors (Lipinski definition) is 2. The normalized spacial score (nSPS) is 19.0. The summed E-state index contributed by atoms with van der Waals surface area (Å²) >= 11 is 0. The molecule has 2 fully saturated rings. The van der Waals surface area contributed by atoms with E-state index in [1.807, 2.05) is 24.3 Å². The highest BCUT2D eigenvalue weighted by atomic mass is 35.5. The molecule has 1 aromatic carbocycles. The van der Waals surface area contributed by atoms with Crippen molar-refractivity contribution >= 4 is 24.1 Å². The molecule has 2 N–H and O–H groups in total. The summed E-state index contributed by atoms with van der Waals surface area (Å²) in [5.41, 5.74) is 1.21. The molecule has 26 heavy (non-hydrogen) atoms. The number of anilines is 1. The second-order valence-corrected chi connectivity index (χ2v) is 7.38. The van der Waals surface area contributed by atoms with Crippen molar-refractivity contribution < 1.29 is 14.6 Å². The Morgan fingerprint density at radius 3 is 2.19 bits per heavy atom. The van der Waals surface area contributed by atoms with Crippen LogP contribution in [0.2, 0.25) is 0 Å². The zero-order valence-electron chi connectivity index (χ0n) is 15.4. The average molecular weight is 383 g/mol. The molecule has 1 aromatic rings. The average Bonchev–Trinajstić information content (AvgIpc) is 2.66. The lowest BCUT2D eigenvalue weighted by Gasteiger charge is -2.34. The molecule has 2 aliphatic rings. The number of piperidine rings is 2. The number of carboxylic acid groups (broad SMARTS) is 1. The first-order valence-electron chi connectivity index (χ1n) is 9.61. The smallest absolute Gasteiger partial charge is 0.341 e. The Hall–Kier alpha value is -1.46. The van der Waals surface area contributed by atoms with Gasteiger partial charge in [-0.25, -0.2) is 4.79 Å². The molecule has 146 valence electrons. The molecule has 0 amide bonds. The summed E-state index contributed by atoms with van der Waals surface area (Å²) in [5.74, 6) is 1.49. The van der Waals surface area contributed by atoms with E-state index in [1.54, 1.807) is 0 Å². The van der Waals surface area contributed by atoms with E-state index in [9.17, 15) is 4.79 Å². The van der Waals surface area contributed by atoms with Gasteiger partial charge >= 0.3 is 5.97 Å². The number of rotatable bonds is 7. The molecule has 0 saturated carbocycles. The van der Waals surface area contributed by atoms with Crippen LogP contribution in [0.4, 0.5) is 5.69 Å². The molecule has 0 atom stereocenters. The summed E-state index contributed by atoms with van der Waals surface area (Å²) < 4.78 is 5.19. The minimum atomic E-state index is -0.948. The third-order valence-corrected chi connectivity index (χ3v) is 5.62. The molecule has 0 spiro atoms. The van der Waals surface area contributed by atoms with Crippen LogP contribution in [0, 0.1) is 11.8 Å². The fourth-order valence-corrected chi connectivity index (χ4v) is 4.02. The lowest BCUT2D eigenvalue weighted by Crippen LogP contribution is -2.34. The highest BCUT2D eigenvalue weighted by Crippen LogP contribution is 2.29. The first-order valence-corrected chi connectivity index (χ1v) is 9.61. The number of hydrogen-bond acceptors (Lipinski definition) is 4. The van der Waals surface area contributed by atoms with E-state index in [-0.39, 0.29) is 19.0 Å². The summed E-state index contributed by atoms with van der Waals surface area (Å²) in [5, 5.41) is 12.1. The van der Waals surface area contributed by atoms with Crippen molar-refractivity contribution in [3.05, 3.63) is 24.3 Å². The zero-order chi connectivity index (χ0) is 17.5. The highest BCUT2D eigenvalue weighted by Gasteiger charge is 2.21. The Morgan fingerprint density at radius 2 is 1.62 bits per heavy atom. The van der Waals surface area contributed by atoms with Crippen molar-refractivity contribution in [1.29, 1.82) is 0 Å². The Labute approximate surface area is 162 Å². The Morgan fingerprint density at radius 1 is 1.04 bits per heavy atom. The molecule has 0 bridgehead atoms. The summed E-state index contributed by atoms with van der Waals surface area (Å²) in [6.45, 7) is 4.35. The van der Waals surface area contributed by atoms with Gasteiger partial charge in [-0.3, -0.25) is 0 Å². The maximum Gasteiger partial charge on any atom is 0.341 e. The molecule has 3 rings (SSSR count). The Bertz CT molecular complexity index is 538. The van der Waals surface area contributed by atoms with E-state index in [0.29, 0.717) is 5.75 Å². The van der Waals surface area contributed by atoms with Gasteiger partial charge in [0.1, 0.15) is 5.75 Å². The van der Waals surface area contributed by atoms with Gasteiger partial charge in [0, 0.05) is 18.8 Å². The number of carbonyl (C=O) groups is 1. The number of nitrogens with zero attached hydrogens (tertiary/aromatic N) is 1. The molecular formula is C20H31ClN2O3. The van der Waals surface area contributed by atoms with Crippen molar-refractivity contribution in [2.24, 2.45) is 11.8 Å². The van der Waals surface area contributed by atoms with E-state index in [0.717, 1.165) is 24.9 Å². The predicted molar refractivity (Wildman–Crippen MR) is 107 cm³/mol. The quantitative estimate of drug-likeness (QED) is 0.754. The molecule has 0 radical (unpaired) electrons. The van der Waals surface area contributed by atoms with Crippen molar-refractivity contribution in [3.8, 4) is 5.75 Å². The summed E-state index contributed by atoms with van der Waals surface area (Å²) in [6, 6.07) is 7.79. The van der Waals surface area contributed by atoms with E-state index < -0.39 is 5.97 Å². The third kappa shape index (κ3) is 6.36. The maximum atomic E-state index is 10.5. The van der Waals surface area contributed by atoms with Crippen LogP contribution < -0.4 is 15.0 Å². The number of nitrogens with one attached hydrogen (secondary N) is 1. The molecule has 0 aliphatic carbocycles. The molecular weight excluding hydrogens is 352 g/mol. The van der Waals surface area contributed by atoms with E-state index in [4.69, 9.17) is 9.84 Å². The third-order valence-electron chi connectivity index (χ3n) is 5.62. The van der Waals surface area contributed by atoms with Crippen LogP contribution in [-0.4, -0.2) is 43.9 Å². The largest absolute Gasteiger partial charge is 0.482 e. The molecule has 2 heterocycles. The number of benzene rings is 1. The van der Waals surface area contributed by atoms with Gasteiger partial charge in [-0.1, -0.05) is 12.8 Å². The van der Waals surface area contributed by atoms with Crippen LogP contribution in [-0.2, 0) is 4.79 Å². The van der Waals surface area contributed by atoms with Crippen LogP contribution in [0.3, 0.4) is 0 Å². The van der Waals surface area contributed by atoms with Crippen LogP contribution in [0.25, 0.3) is 0 Å². The monoisotopic (exact) mass is 382 g/mol. The maximum absolute atomic E-state index is 10.5. The van der Waals surface area contributed by atoms with E-state index in [1.165, 1.54) is 57.3 Å². The lowest BCUT2D eigenvalue weighted by molar-refractivity contribution is -0.139. The van der Waals surface area contributed by atoms with Crippen LogP contribution >= 0.6 is 12.4 Å². The van der Waals surface area contributed by atoms with Gasteiger partial charge in [-0.15, -0.1) is 12.4 Å². The van der Waals surface area contributed by atoms with E-state index in [2.05, 4.69) is 10.2 Å². The highest BCUT2D eigenvalue weighted by molar-refractivity contribution is 5.85. The minimum Gasteiger partial charge on any atom is -0.482 e. The van der Waals surface area contributed by atoms with Crippen molar-refractivity contribution in [2.75, 3.05) is 37.7 Å². The SMILES string of the molecule is Cl.O=C(O)COc1ccc(N2CCC(CCC3CCNCC3)CC2)cc1. The van der Waals surface area contributed by atoms with Crippen molar-refractivity contribution in [2.45, 2.75) is 38.5 Å². The van der Waals surface area contributed by atoms with Gasteiger partial charge in [0.2, 0.25) is 0 Å². The van der Waals surface area contributed by atoms with Crippen molar-refractivity contribution in [3.63, 3.8) is 0 Å². The number of ether oxygens (including phenoxy) is 1. The number of halogens is 1. The van der Waals surface area contributed by atoms with E-state index >= 15 is 0 Å². The van der Waals surface area contributed by atoms with Gasteiger partial charge in [-0.05, 0) is 74.9 Å². The van der Waals surface area contributed by atoms with Gasteiger partial charge in [0.15, 0.2) is 6.61 Å². The molecule has 6 heteroatoms.